The molecule has 0 bridgehead atoms. The minimum absolute atomic E-state index is 0.186. The number of amides is 2. The maximum Gasteiger partial charge on any atom is 0.317 e. The zero-order chi connectivity index (χ0) is 18.5. The fourth-order valence-electron chi connectivity index (χ4n) is 2.70. The van der Waals surface area contributed by atoms with E-state index in [0.29, 0.717) is 25.4 Å². The Balaban J connectivity index is 1.53. The monoisotopic (exact) mass is 420 g/mol. The van der Waals surface area contributed by atoms with E-state index in [1.54, 1.807) is 19.1 Å². The highest BCUT2D eigenvalue weighted by Gasteiger charge is 2.22. The number of carbonyl (C=O) groups excluding carboxylic acids is 1. The Morgan fingerprint density at radius 2 is 2.08 bits per heavy atom. The van der Waals surface area contributed by atoms with E-state index < -0.39 is 0 Å². The molecular weight excluding hydrogens is 400 g/mol. The summed E-state index contributed by atoms with van der Waals surface area (Å²) in [7, 11) is 3.36. The molecule has 0 spiro atoms. The molecule has 0 unspecified atom stereocenters. The first-order valence-corrected chi connectivity index (χ1v) is 9.06. The van der Waals surface area contributed by atoms with Crippen LogP contribution in [0.3, 0.4) is 0 Å². The molecule has 3 rings (SSSR count). The van der Waals surface area contributed by atoms with Gasteiger partial charge >= 0.3 is 6.03 Å². The summed E-state index contributed by atoms with van der Waals surface area (Å²) in [5, 5.41) is 2.88. The van der Waals surface area contributed by atoms with E-state index in [1.807, 2.05) is 42.5 Å². The summed E-state index contributed by atoms with van der Waals surface area (Å²) < 4.78 is 17.8. The average molecular weight is 421 g/mol. The zero-order valence-corrected chi connectivity index (χ0v) is 16.3. The predicted molar refractivity (Wildman–Crippen MR) is 102 cm³/mol. The van der Waals surface area contributed by atoms with Crippen LogP contribution in [0.1, 0.15) is 5.56 Å². The lowest BCUT2D eigenvalue weighted by Gasteiger charge is -2.27. The Kier molecular flexibility index (Phi) is 5.88. The van der Waals surface area contributed by atoms with Gasteiger partial charge in [-0.25, -0.2) is 4.79 Å². The molecule has 7 heteroatoms. The van der Waals surface area contributed by atoms with E-state index in [4.69, 9.17) is 14.2 Å². The van der Waals surface area contributed by atoms with Crippen LogP contribution < -0.4 is 19.5 Å². The van der Waals surface area contributed by atoms with Crippen molar-refractivity contribution in [2.45, 2.75) is 12.6 Å². The third-order valence-corrected chi connectivity index (χ3v) is 4.54. The maximum absolute atomic E-state index is 12.4. The van der Waals surface area contributed by atoms with E-state index in [0.717, 1.165) is 21.5 Å². The molecular formula is C19H21BrN2O4. The summed E-state index contributed by atoms with van der Waals surface area (Å²) in [5.41, 5.74) is 0.922. The minimum atomic E-state index is -0.220. The zero-order valence-electron chi connectivity index (χ0n) is 14.7. The summed E-state index contributed by atoms with van der Waals surface area (Å²) in [4.78, 5) is 14.0. The fourth-order valence-corrected chi connectivity index (χ4v) is 3.11. The topological polar surface area (TPSA) is 60.0 Å². The van der Waals surface area contributed by atoms with Crippen molar-refractivity contribution < 1.29 is 19.0 Å². The first-order valence-electron chi connectivity index (χ1n) is 8.26. The molecule has 0 aromatic heterocycles. The predicted octanol–water partition coefficient (Wildman–Crippen LogP) is 3.44. The smallest absolute Gasteiger partial charge is 0.317 e. The number of urea groups is 1. The van der Waals surface area contributed by atoms with Crippen LogP contribution in [0, 0.1) is 0 Å². The molecule has 138 valence electrons. The van der Waals surface area contributed by atoms with Crippen molar-refractivity contribution in [3.63, 3.8) is 0 Å². The molecule has 0 saturated heterocycles. The van der Waals surface area contributed by atoms with Crippen LogP contribution >= 0.6 is 15.9 Å². The second-order valence-electron chi connectivity index (χ2n) is 6.00. The Hall–Kier alpha value is -2.41. The van der Waals surface area contributed by atoms with Crippen molar-refractivity contribution in [1.82, 2.24) is 10.2 Å². The standard InChI is InChI=1S/C19H21BrN2O4/c1-22(11-13-9-14(20)7-8-16(13)24-2)19(23)21-10-15-12-25-17-5-3-4-6-18(17)26-15/h3-9,15H,10-12H2,1-2H3,(H,21,23)/t15-/m0/s1. The summed E-state index contributed by atoms with van der Waals surface area (Å²) in [6, 6.07) is 13.0. The number of benzene rings is 2. The first kappa shape index (κ1) is 18.4. The molecule has 0 saturated carbocycles. The van der Waals surface area contributed by atoms with Gasteiger partial charge in [-0.3, -0.25) is 0 Å². The number of ether oxygens (including phenoxy) is 3. The molecule has 1 atom stereocenters. The van der Waals surface area contributed by atoms with Crippen molar-refractivity contribution in [3.05, 3.63) is 52.5 Å². The number of para-hydroxylation sites is 2. The normalized spacial score (nSPS) is 15.3. The van der Waals surface area contributed by atoms with Crippen LogP contribution in [0.15, 0.2) is 46.9 Å². The summed E-state index contributed by atoms with van der Waals surface area (Å²) in [6.07, 6.45) is -0.220. The number of nitrogens with zero attached hydrogens (tertiary/aromatic N) is 1. The van der Waals surface area contributed by atoms with Crippen LogP contribution in [0.5, 0.6) is 17.2 Å². The number of halogens is 1. The van der Waals surface area contributed by atoms with Crippen LogP contribution in [-0.2, 0) is 6.54 Å². The number of hydrogen-bond donors (Lipinski definition) is 1. The van der Waals surface area contributed by atoms with Gasteiger partial charge in [-0.1, -0.05) is 28.1 Å². The van der Waals surface area contributed by atoms with Crippen molar-refractivity contribution in [2.24, 2.45) is 0 Å². The SMILES string of the molecule is COc1ccc(Br)cc1CN(C)C(=O)NC[C@H]1COc2ccccc2O1. The largest absolute Gasteiger partial charge is 0.496 e. The van der Waals surface area contributed by atoms with Crippen LogP contribution in [0.25, 0.3) is 0 Å². The molecule has 2 amide bonds. The number of fused-ring (bicyclic) bond motifs is 1. The molecule has 1 N–H and O–H groups in total. The Labute approximate surface area is 161 Å². The highest BCUT2D eigenvalue weighted by molar-refractivity contribution is 9.10. The molecule has 1 aliphatic rings. The van der Waals surface area contributed by atoms with Gasteiger partial charge in [0.25, 0.3) is 0 Å². The Bertz CT molecular complexity index is 784. The van der Waals surface area contributed by atoms with Gasteiger partial charge < -0.3 is 24.4 Å². The van der Waals surface area contributed by atoms with Gasteiger partial charge in [-0.05, 0) is 30.3 Å². The third kappa shape index (κ3) is 4.40. The highest BCUT2D eigenvalue weighted by Crippen LogP contribution is 2.30. The van der Waals surface area contributed by atoms with Crippen molar-refractivity contribution in [3.8, 4) is 17.2 Å². The van der Waals surface area contributed by atoms with Gasteiger partial charge in [0.1, 0.15) is 12.4 Å². The molecule has 0 fully saturated rings. The van der Waals surface area contributed by atoms with Gasteiger partial charge in [0, 0.05) is 17.1 Å². The number of hydrogen-bond acceptors (Lipinski definition) is 4. The average Bonchev–Trinajstić information content (AvgIpc) is 2.66. The lowest BCUT2D eigenvalue weighted by Crippen LogP contribution is -2.44. The van der Waals surface area contributed by atoms with Crippen LogP contribution in [0.2, 0.25) is 0 Å². The number of carbonyl (C=O) groups is 1. The highest BCUT2D eigenvalue weighted by atomic mass is 79.9. The van der Waals surface area contributed by atoms with E-state index in [-0.39, 0.29) is 12.1 Å². The molecule has 26 heavy (non-hydrogen) atoms. The Morgan fingerprint density at radius 3 is 2.85 bits per heavy atom. The van der Waals surface area contributed by atoms with Gasteiger partial charge in [0.15, 0.2) is 17.6 Å². The summed E-state index contributed by atoms with van der Waals surface area (Å²) in [5.74, 6) is 2.17. The second kappa shape index (κ2) is 8.31. The van der Waals surface area contributed by atoms with Gasteiger partial charge in [-0.15, -0.1) is 0 Å². The third-order valence-electron chi connectivity index (χ3n) is 4.05. The molecule has 2 aromatic carbocycles. The second-order valence-corrected chi connectivity index (χ2v) is 6.91. The van der Waals surface area contributed by atoms with E-state index in [2.05, 4.69) is 21.2 Å². The molecule has 0 aliphatic carbocycles. The van der Waals surface area contributed by atoms with Crippen molar-refractivity contribution in [2.75, 3.05) is 27.3 Å². The Morgan fingerprint density at radius 1 is 1.31 bits per heavy atom. The fraction of sp³-hybridized carbons (Fsp3) is 0.316. The van der Waals surface area contributed by atoms with E-state index >= 15 is 0 Å². The molecule has 6 nitrogen and oxygen atoms in total. The lowest BCUT2D eigenvalue weighted by atomic mass is 10.2. The first-order chi connectivity index (χ1) is 12.6. The van der Waals surface area contributed by atoms with E-state index in [1.165, 1.54) is 0 Å². The number of nitrogens with one attached hydrogen (secondary N) is 1. The van der Waals surface area contributed by atoms with Gasteiger partial charge in [0.05, 0.1) is 20.2 Å². The minimum Gasteiger partial charge on any atom is -0.496 e. The lowest BCUT2D eigenvalue weighted by molar-refractivity contribution is 0.0904. The molecule has 2 aromatic rings. The molecule has 1 aliphatic heterocycles. The van der Waals surface area contributed by atoms with Gasteiger partial charge in [0.2, 0.25) is 0 Å². The van der Waals surface area contributed by atoms with E-state index in [9.17, 15) is 4.79 Å². The number of rotatable bonds is 5. The van der Waals surface area contributed by atoms with Crippen LogP contribution in [0.4, 0.5) is 4.79 Å². The van der Waals surface area contributed by atoms with Crippen molar-refractivity contribution in [1.29, 1.82) is 0 Å². The summed E-state index contributed by atoms with van der Waals surface area (Å²) >= 11 is 3.44. The van der Waals surface area contributed by atoms with Crippen LogP contribution in [-0.4, -0.2) is 44.3 Å². The molecule has 1 heterocycles. The quantitative estimate of drug-likeness (QED) is 0.804. The number of methoxy groups -OCH3 is 1. The van der Waals surface area contributed by atoms with Gasteiger partial charge in [-0.2, -0.15) is 0 Å². The molecule has 0 radical (unpaired) electrons. The summed E-state index contributed by atoms with van der Waals surface area (Å²) in [6.45, 7) is 1.20. The maximum atomic E-state index is 12.4. The van der Waals surface area contributed by atoms with Crippen molar-refractivity contribution >= 4 is 22.0 Å².